The van der Waals surface area contributed by atoms with Crippen molar-refractivity contribution in [1.82, 2.24) is 4.90 Å². The Hall–Kier alpha value is -0.610. The Balaban J connectivity index is 2.66. The lowest BCUT2D eigenvalue weighted by atomic mass is 9.82. The minimum Gasteiger partial charge on any atom is -0.481 e. The molecule has 13 heavy (non-hydrogen) atoms. The first-order valence-electron chi connectivity index (χ1n) is 4.59. The van der Waals surface area contributed by atoms with Gasteiger partial charge in [-0.25, -0.2) is 0 Å². The lowest BCUT2D eigenvalue weighted by molar-refractivity contribution is -0.146. The maximum atomic E-state index is 10.9. The maximum absolute atomic E-state index is 10.9. The number of rotatable bonds is 2. The number of hydrogen-bond donors (Lipinski definition) is 2. The predicted octanol–water partition coefficient (Wildman–Crippen LogP) is 0.162. The van der Waals surface area contributed by atoms with Gasteiger partial charge in [-0.3, -0.25) is 4.79 Å². The summed E-state index contributed by atoms with van der Waals surface area (Å²) in [4.78, 5) is 12.8. The van der Waals surface area contributed by atoms with Gasteiger partial charge in [0.2, 0.25) is 0 Å². The van der Waals surface area contributed by atoms with Gasteiger partial charge in [0.25, 0.3) is 0 Å². The van der Waals surface area contributed by atoms with Crippen molar-refractivity contribution in [2.24, 2.45) is 5.92 Å². The number of aliphatic hydroxyl groups is 1. The Bertz CT molecular complexity index is 193. The van der Waals surface area contributed by atoms with E-state index in [-0.39, 0.29) is 18.1 Å². The fourth-order valence-corrected chi connectivity index (χ4v) is 1.98. The van der Waals surface area contributed by atoms with Crippen LogP contribution >= 0.6 is 0 Å². The van der Waals surface area contributed by atoms with E-state index in [0.717, 1.165) is 0 Å². The van der Waals surface area contributed by atoms with E-state index in [4.69, 9.17) is 5.11 Å². The van der Waals surface area contributed by atoms with Gasteiger partial charge >= 0.3 is 5.97 Å². The van der Waals surface area contributed by atoms with Crippen molar-refractivity contribution in [3.05, 3.63) is 0 Å². The van der Waals surface area contributed by atoms with Crippen LogP contribution in [0.5, 0.6) is 0 Å². The van der Waals surface area contributed by atoms with Crippen LogP contribution in [0.2, 0.25) is 0 Å². The van der Waals surface area contributed by atoms with Crippen LogP contribution < -0.4 is 0 Å². The third-order valence-corrected chi connectivity index (χ3v) is 2.77. The van der Waals surface area contributed by atoms with Gasteiger partial charge in [0.05, 0.1) is 12.0 Å². The number of nitrogens with zero attached hydrogens (tertiary/aromatic N) is 1. The second-order valence-electron chi connectivity index (χ2n) is 3.94. The monoisotopic (exact) mass is 187 g/mol. The fourth-order valence-electron chi connectivity index (χ4n) is 1.98. The van der Waals surface area contributed by atoms with Crippen molar-refractivity contribution in [2.45, 2.75) is 31.4 Å². The van der Waals surface area contributed by atoms with Crippen molar-refractivity contribution < 1.29 is 15.0 Å². The summed E-state index contributed by atoms with van der Waals surface area (Å²) in [6, 6.07) is -0.0266. The first-order chi connectivity index (χ1) is 6.02. The zero-order chi connectivity index (χ0) is 10.0. The number of aliphatic carboxylic acids is 1. The Kier molecular flexibility index (Phi) is 3.27. The summed E-state index contributed by atoms with van der Waals surface area (Å²) in [5, 5.41) is 18.3. The summed E-state index contributed by atoms with van der Waals surface area (Å²) in [5.41, 5.74) is 0. The molecule has 1 saturated carbocycles. The van der Waals surface area contributed by atoms with E-state index in [1.807, 2.05) is 19.0 Å². The van der Waals surface area contributed by atoms with Crippen molar-refractivity contribution in [1.29, 1.82) is 0 Å². The summed E-state index contributed by atoms with van der Waals surface area (Å²) in [6.07, 6.45) is 1.44. The van der Waals surface area contributed by atoms with Crippen molar-refractivity contribution in [2.75, 3.05) is 14.1 Å². The molecule has 2 N–H and O–H groups in total. The highest BCUT2D eigenvalue weighted by molar-refractivity contribution is 5.71. The second kappa shape index (κ2) is 4.07. The molecule has 0 saturated heterocycles. The normalized spacial score (nSPS) is 34.9. The topological polar surface area (TPSA) is 60.8 Å². The van der Waals surface area contributed by atoms with E-state index < -0.39 is 5.97 Å². The quantitative estimate of drug-likeness (QED) is 0.646. The lowest BCUT2D eigenvalue weighted by Crippen LogP contribution is -2.45. The zero-order valence-corrected chi connectivity index (χ0v) is 8.10. The van der Waals surface area contributed by atoms with E-state index in [2.05, 4.69) is 0 Å². The summed E-state index contributed by atoms with van der Waals surface area (Å²) < 4.78 is 0. The maximum Gasteiger partial charge on any atom is 0.308 e. The van der Waals surface area contributed by atoms with Crippen LogP contribution in [0.4, 0.5) is 0 Å². The molecule has 4 heteroatoms. The van der Waals surface area contributed by atoms with Gasteiger partial charge in [-0.05, 0) is 33.4 Å². The minimum absolute atomic E-state index is 0.0266. The molecule has 0 spiro atoms. The van der Waals surface area contributed by atoms with E-state index in [1.54, 1.807) is 0 Å². The fraction of sp³-hybridized carbons (Fsp3) is 0.889. The third-order valence-electron chi connectivity index (χ3n) is 2.77. The third kappa shape index (κ3) is 2.42. The SMILES string of the molecule is CN(C)C1CC(O)CCC1C(=O)O. The minimum atomic E-state index is -0.745. The largest absolute Gasteiger partial charge is 0.481 e. The van der Waals surface area contributed by atoms with Crippen LogP contribution in [0.3, 0.4) is 0 Å². The molecule has 0 bridgehead atoms. The molecule has 0 amide bonds. The summed E-state index contributed by atoms with van der Waals surface area (Å²) in [6.45, 7) is 0. The molecule has 4 nitrogen and oxygen atoms in total. The Morgan fingerprint density at radius 3 is 2.46 bits per heavy atom. The molecule has 3 atom stereocenters. The van der Waals surface area contributed by atoms with Gasteiger partial charge in [0.15, 0.2) is 0 Å². The number of carboxylic acid groups (broad SMARTS) is 1. The Morgan fingerprint density at radius 1 is 1.38 bits per heavy atom. The lowest BCUT2D eigenvalue weighted by Gasteiger charge is -2.35. The molecule has 76 valence electrons. The molecule has 3 unspecified atom stereocenters. The van der Waals surface area contributed by atoms with Gasteiger partial charge in [0, 0.05) is 6.04 Å². The van der Waals surface area contributed by atoms with Gasteiger partial charge in [-0.2, -0.15) is 0 Å². The second-order valence-corrected chi connectivity index (χ2v) is 3.94. The molecule has 1 fully saturated rings. The number of hydrogen-bond acceptors (Lipinski definition) is 3. The van der Waals surface area contributed by atoms with Crippen LogP contribution in [0, 0.1) is 5.92 Å². The number of carbonyl (C=O) groups is 1. The van der Waals surface area contributed by atoms with Crippen LogP contribution in [0.15, 0.2) is 0 Å². The van der Waals surface area contributed by atoms with Crippen molar-refractivity contribution >= 4 is 5.97 Å². The number of carboxylic acids is 1. The van der Waals surface area contributed by atoms with Gasteiger partial charge in [-0.1, -0.05) is 0 Å². The highest BCUT2D eigenvalue weighted by atomic mass is 16.4. The molecule has 0 aromatic carbocycles. The highest BCUT2D eigenvalue weighted by Gasteiger charge is 2.35. The van der Waals surface area contributed by atoms with Crippen LogP contribution in [0.25, 0.3) is 0 Å². The average molecular weight is 187 g/mol. The summed E-state index contributed by atoms with van der Waals surface area (Å²) in [5.74, 6) is -1.07. The highest BCUT2D eigenvalue weighted by Crippen LogP contribution is 2.27. The van der Waals surface area contributed by atoms with E-state index in [1.165, 1.54) is 0 Å². The standard InChI is InChI=1S/C9H17NO3/c1-10(2)8-5-6(11)3-4-7(8)9(12)13/h6-8,11H,3-5H2,1-2H3,(H,12,13). The summed E-state index contributed by atoms with van der Waals surface area (Å²) in [7, 11) is 3.72. The molecule has 1 rings (SSSR count). The molecule has 0 heterocycles. The predicted molar refractivity (Wildman–Crippen MR) is 48.5 cm³/mol. The van der Waals surface area contributed by atoms with Gasteiger partial charge in [-0.15, -0.1) is 0 Å². The van der Waals surface area contributed by atoms with Crippen molar-refractivity contribution in [3.8, 4) is 0 Å². The first-order valence-corrected chi connectivity index (χ1v) is 4.59. The van der Waals surface area contributed by atoms with E-state index in [9.17, 15) is 9.90 Å². The average Bonchev–Trinajstić information content (AvgIpc) is 2.03. The van der Waals surface area contributed by atoms with Crippen LogP contribution in [-0.2, 0) is 4.79 Å². The van der Waals surface area contributed by atoms with Gasteiger partial charge in [0.1, 0.15) is 0 Å². The molecule has 1 aliphatic rings. The van der Waals surface area contributed by atoms with E-state index >= 15 is 0 Å². The van der Waals surface area contributed by atoms with E-state index in [0.29, 0.717) is 19.3 Å². The smallest absolute Gasteiger partial charge is 0.308 e. The molecular formula is C9H17NO3. The molecule has 0 radical (unpaired) electrons. The Labute approximate surface area is 78.2 Å². The van der Waals surface area contributed by atoms with Gasteiger partial charge < -0.3 is 15.1 Å². The first kappa shape index (κ1) is 10.5. The summed E-state index contributed by atoms with van der Waals surface area (Å²) >= 11 is 0. The van der Waals surface area contributed by atoms with Crippen LogP contribution in [-0.4, -0.2) is 47.3 Å². The van der Waals surface area contributed by atoms with Crippen molar-refractivity contribution in [3.63, 3.8) is 0 Å². The molecule has 1 aliphatic carbocycles. The molecule has 0 aromatic heterocycles. The van der Waals surface area contributed by atoms with Crippen LogP contribution in [0.1, 0.15) is 19.3 Å². The zero-order valence-electron chi connectivity index (χ0n) is 8.10. The molecule has 0 aromatic rings. The Morgan fingerprint density at radius 2 is 2.00 bits per heavy atom. The molecule has 0 aliphatic heterocycles. The number of aliphatic hydroxyl groups excluding tert-OH is 1. The molecular weight excluding hydrogens is 170 g/mol.